The van der Waals surface area contributed by atoms with Crippen molar-refractivity contribution >= 4 is 23.5 Å². The van der Waals surface area contributed by atoms with E-state index < -0.39 is 0 Å². The van der Waals surface area contributed by atoms with Gasteiger partial charge in [0.1, 0.15) is 5.84 Å². The highest BCUT2D eigenvalue weighted by Gasteiger charge is 2.12. The average molecular weight is 288 g/mol. The van der Waals surface area contributed by atoms with E-state index in [4.69, 9.17) is 16.9 Å². The predicted molar refractivity (Wildman–Crippen MR) is 83.5 cm³/mol. The first-order chi connectivity index (χ1) is 9.79. The number of amidine groups is 1. The summed E-state index contributed by atoms with van der Waals surface area (Å²) >= 11 is 6.10. The van der Waals surface area contributed by atoms with E-state index in [1.165, 1.54) is 19.3 Å². The third-order valence-corrected chi connectivity index (χ3v) is 3.75. The molecule has 0 bridgehead atoms. The Labute approximate surface area is 125 Å². The molecule has 0 spiro atoms. The first-order valence-corrected chi connectivity index (χ1v) is 7.33. The topological polar surface area (TPSA) is 48.2 Å². The summed E-state index contributed by atoms with van der Waals surface area (Å²) in [5, 5.41) is 12.2. The number of aliphatic imine (C=N–C) groups is 1. The first kappa shape index (κ1) is 14.6. The molecule has 1 saturated carbocycles. The Hall–Kier alpha value is -1.79. The number of rotatable bonds is 3. The fourth-order valence-electron chi connectivity index (χ4n) is 2.36. The largest absolute Gasteiger partial charge is 0.277 e. The zero-order valence-electron chi connectivity index (χ0n) is 11.3. The van der Waals surface area contributed by atoms with E-state index in [-0.39, 0.29) is 0 Å². The van der Waals surface area contributed by atoms with Crippen LogP contribution < -0.4 is 5.32 Å². The smallest absolute Gasteiger partial charge is 0.182 e. The third-order valence-electron chi connectivity index (χ3n) is 3.41. The molecule has 0 saturated heterocycles. The van der Waals surface area contributed by atoms with Gasteiger partial charge >= 0.3 is 0 Å². The lowest BCUT2D eigenvalue weighted by Crippen LogP contribution is -2.20. The van der Waals surface area contributed by atoms with E-state index in [1.807, 2.05) is 42.6 Å². The quantitative estimate of drug-likeness (QED) is 0.393. The van der Waals surface area contributed by atoms with E-state index in [0.717, 1.165) is 18.4 Å². The van der Waals surface area contributed by atoms with Gasteiger partial charge in [0, 0.05) is 5.02 Å². The molecular formula is C16H18ClN3. The summed E-state index contributed by atoms with van der Waals surface area (Å²) in [7, 11) is 0. The Morgan fingerprint density at radius 1 is 1.30 bits per heavy atom. The molecule has 104 valence electrons. The van der Waals surface area contributed by atoms with Crippen LogP contribution in [0.2, 0.25) is 5.02 Å². The van der Waals surface area contributed by atoms with E-state index >= 15 is 0 Å². The molecule has 0 aliphatic heterocycles. The Bertz CT molecular complexity index is 537. The van der Waals surface area contributed by atoms with Crippen molar-refractivity contribution in [2.75, 3.05) is 0 Å². The lowest BCUT2D eigenvalue weighted by atomic mass is 9.96. The molecule has 0 unspecified atom stereocenters. The van der Waals surface area contributed by atoms with Crippen LogP contribution in [0.4, 0.5) is 0 Å². The molecule has 2 rings (SSSR count). The minimum absolute atomic E-state index is 0.329. The van der Waals surface area contributed by atoms with Crippen LogP contribution in [-0.4, -0.2) is 11.9 Å². The molecule has 1 fully saturated rings. The Morgan fingerprint density at radius 3 is 2.75 bits per heavy atom. The first-order valence-electron chi connectivity index (χ1n) is 6.95. The molecule has 0 amide bonds. The Kier molecular flexibility index (Phi) is 5.64. The maximum absolute atomic E-state index is 8.82. The second-order valence-corrected chi connectivity index (χ2v) is 5.31. The monoisotopic (exact) mass is 287 g/mol. The van der Waals surface area contributed by atoms with Crippen molar-refractivity contribution in [3.05, 3.63) is 40.9 Å². The Morgan fingerprint density at radius 2 is 2.05 bits per heavy atom. The summed E-state index contributed by atoms with van der Waals surface area (Å²) in [6.45, 7) is 0. The van der Waals surface area contributed by atoms with Crippen LogP contribution in [-0.2, 0) is 0 Å². The minimum Gasteiger partial charge on any atom is -0.277 e. The van der Waals surface area contributed by atoms with E-state index in [9.17, 15) is 0 Å². The van der Waals surface area contributed by atoms with Gasteiger partial charge in [-0.25, -0.2) is 0 Å². The molecule has 1 aliphatic rings. The molecular weight excluding hydrogens is 270 g/mol. The van der Waals surface area contributed by atoms with Crippen LogP contribution in [0.3, 0.4) is 0 Å². The number of hydrogen-bond acceptors (Lipinski definition) is 2. The third kappa shape index (κ3) is 4.40. The van der Waals surface area contributed by atoms with Gasteiger partial charge in [0.2, 0.25) is 0 Å². The van der Waals surface area contributed by atoms with Crippen molar-refractivity contribution in [3.8, 4) is 6.19 Å². The highest BCUT2D eigenvalue weighted by molar-refractivity contribution is 6.32. The SMILES string of the molecule is N#CNC(C=Cc1ccccc1Cl)=NC1CCCCC1. The average Bonchev–Trinajstić information content (AvgIpc) is 2.47. The van der Waals surface area contributed by atoms with Crippen molar-refractivity contribution in [3.63, 3.8) is 0 Å². The molecule has 1 aromatic carbocycles. The van der Waals surface area contributed by atoms with Crippen molar-refractivity contribution in [1.82, 2.24) is 5.32 Å². The Balaban J connectivity index is 2.11. The summed E-state index contributed by atoms with van der Waals surface area (Å²) in [6, 6.07) is 7.93. The highest BCUT2D eigenvalue weighted by atomic mass is 35.5. The van der Waals surface area contributed by atoms with Gasteiger partial charge in [-0.2, -0.15) is 5.26 Å². The number of hydrogen-bond donors (Lipinski definition) is 1. The molecule has 0 atom stereocenters. The van der Waals surface area contributed by atoms with Crippen LogP contribution in [0.1, 0.15) is 37.7 Å². The van der Waals surface area contributed by atoms with Crippen molar-refractivity contribution in [2.24, 2.45) is 4.99 Å². The van der Waals surface area contributed by atoms with Gasteiger partial charge in [-0.1, -0.05) is 49.1 Å². The standard InChI is InChI=1S/C16H18ClN3/c17-15-9-5-4-6-13(15)10-11-16(19-12-18)20-14-7-2-1-3-8-14/h4-6,9-11,14H,1-3,7-8H2,(H,19,20). The molecule has 0 aromatic heterocycles. The van der Waals surface area contributed by atoms with Crippen LogP contribution >= 0.6 is 11.6 Å². The molecule has 0 heterocycles. The second-order valence-electron chi connectivity index (χ2n) is 4.90. The maximum atomic E-state index is 8.82. The number of nitriles is 1. The van der Waals surface area contributed by atoms with Crippen molar-refractivity contribution < 1.29 is 0 Å². The van der Waals surface area contributed by atoms with Crippen LogP contribution in [0, 0.1) is 11.5 Å². The molecule has 20 heavy (non-hydrogen) atoms. The van der Waals surface area contributed by atoms with Gasteiger partial charge in [-0.3, -0.25) is 10.3 Å². The minimum atomic E-state index is 0.329. The van der Waals surface area contributed by atoms with E-state index in [2.05, 4.69) is 10.3 Å². The maximum Gasteiger partial charge on any atom is 0.182 e. The van der Waals surface area contributed by atoms with Crippen LogP contribution in [0.15, 0.2) is 35.3 Å². The summed E-state index contributed by atoms with van der Waals surface area (Å²) in [5.41, 5.74) is 0.922. The molecule has 4 heteroatoms. The van der Waals surface area contributed by atoms with Crippen molar-refractivity contribution in [2.45, 2.75) is 38.1 Å². The summed E-state index contributed by atoms with van der Waals surface area (Å²) < 4.78 is 0. The summed E-state index contributed by atoms with van der Waals surface area (Å²) in [6.07, 6.45) is 11.6. The molecule has 1 aliphatic carbocycles. The fourth-order valence-corrected chi connectivity index (χ4v) is 2.56. The molecule has 1 N–H and O–H groups in total. The van der Waals surface area contributed by atoms with Gasteiger partial charge in [-0.05, 0) is 36.6 Å². The van der Waals surface area contributed by atoms with Gasteiger partial charge in [0.25, 0.3) is 0 Å². The summed E-state index contributed by atoms with van der Waals surface area (Å²) in [4.78, 5) is 4.62. The number of benzene rings is 1. The van der Waals surface area contributed by atoms with Gasteiger partial charge in [0.05, 0.1) is 6.04 Å². The van der Waals surface area contributed by atoms with Crippen LogP contribution in [0.25, 0.3) is 6.08 Å². The molecule has 0 radical (unpaired) electrons. The van der Waals surface area contributed by atoms with E-state index in [1.54, 1.807) is 0 Å². The van der Waals surface area contributed by atoms with Crippen molar-refractivity contribution in [1.29, 1.82) is 5.26 Å². The van der Waals surface area contributed by atoms with Gasteiger partial charge in [0.15, 0.2) is 6.19 Å². The molecule has 1 aromatic rings. The number of nitrogens with one attached hydrogen (secondary N) is 1. The highest BCUT2D eigenvalue weighted by Crippen LogP contribution is 2.20. The van der Waals surface area contributed by atoms with E-state index in [0.29, 0.717) is 16.9 Å². The second kappa shape index (κ2) is 7.72. The normalized spacial score (nSPS) is 17.1. The van der Waals surface area contributed by atoms with Gasteiger partial charge < -0.3 is 0 Å². The number of halogens is 1. The number of nitrogens with zero attached hydrogens (tertiary/aromatic N) is 2. The fraction of sp³-hybridized carbons (Fsp3) is 0.375. The lowest BCUT2D eigenvalue weighted by molar-refractivity contribution is 0.443. The summed E-state index contributed by atoms with van der Waals surface area (Å²) in [5.74, 6) is 0.610. The van der Waals surface area contributed by atoms with Gasteiger partial charge in [-0.15, -0.1) is 0 Å². The lowest BCUT2D eigenvalue weighted by Gasteiger charge is -2.18. The zero-order chi connectivity index (χ0) is 14.2. The van der Waals surface area contributed by atoms with Crippen LogP contribution in [0.5, 0.6) is 0 Å². The predicted octanol–water partition coefficient (Wildman–Crippen LogP) is 4.16. The zero-order valence-corrected chi connectivity index (χ0v) is 12.1. The molecule has 3 nitrogen and oxygen atoms in total.